The van der Waals surface area contributed by atoms with E-state index < -0.39 is 24.4 Å². The summed E-state index contributed by atoms with van der Waals surface area (Å²) < 4.78 is 11.0. The van der Waals surface area contributed by atoms with Crippen LogP contribution < -0.4 is 0 Å². The van der Waals surface area contributed by atoms with Crippen LogP contribution in [-0.2, 0) is 9.47 Å². The predicted octanol–water partition coefficient (Wildman–Crippen LogP) is 2.57. The largest absolute Gasteiger partial charge is 0.394 e. The number of aliphatic hydroxyl groups is 3. The van der Waals surface area contributed by atoms with Crippen LogP contribution in [0.15, 0.2) is 12.7 Å². The van der Waals surface area contributed by atoms with E-state index in [4.69, 9.17) is 14.6 Å². The van der Waals surface area contributed by atoms with E-state index in [2.05, 4.69) is 6.58 Å². The Bertz CT molecular complexity index is 310. The summed E-state index contributed by atoms with van der Waals surface area (Å²) in [6, 6.07) is 0. The monoisotopic (exact) mass is 344 g/mol. The van der Waals surface area contributed by atoms with Crippen LogP contribution in [0.3, 0.4) is 0 Å². The molecule has 0 aliphatic carbocycles. The highest BCUT2D eigenvalue weighted by Gasteiger charge is 2.40. The number of ether oxygens (including phenoxy) is 2. The van der Waals surface area contributed by atoms with E-state index in [1.54, 1.807) is 0 Å². The number of allylic oxidation sites excluding steroid dienone is 1. The zero-order chi connectivity index (χ0) is 17.6. The molecule has 1 fully saturated rings. The summed E-state index contributed by atoms with van der Waals surface area (Å²) in [5.41, 5.74) is 0. The maximum absolute atomic E-state index is 9.83. The molecule has 0 radical (unpaired) electrons. The van der Waals surface area contributed by atoms with Gasteiger partial charge in [0.15, 0.2) is 0 Å². The van der Waals surface area contributed by atoms with Crippen molar-refractivity contribution in [3.8, 4) is 0 Å². The van der Waals surface area contributed by atoms with Gasteiger partial charge in [-0.25, -0.2) is 0 Å². The van der Waals surface area contributed by atoms with E-state index in [9.17, 15) is 10.2 Å². The van der Waals surface area contributed by atoms with Crippen molar-refractivity contribution in [2.24, 2.45) is 0 Å². The van der Waals surface area contributed by atoms with Crippen LogP contribution in [-0.4, -0.2) is 59.6 Å². The van der Waals surface area contributed by atoms with Gasteiger partial charge in [-0.15, -0.1) is 6.58 Å². The predicted molar refractivity (Wildman–Crippen MR) is 94.9 cm³/mol. The van der Waals surface area contributed by atoms with E-state index in [0.29, 0.717) is 6.61 Å². The molecule has 1 rings (SSSR count). The SMILES string of the molecule is C=CCCCCCCCCCCCO[C@H]1[C@@H]([C@@H](O)CO)OC[C@H]1O. The lowest BCUT2D eigenvalue weighted by atomic mass is 10.1. The van der Waals surface area contributed by atoms with Crippen molar-refractivity contribution >= 4 is 0 Å². The molecule has 0 unspecified atom stereocenters. The molecule has 1 aliphatic rings. The minimum absolute atomic E-state index is 0.152. The third kappa shape index (κ3) is 8.58. The Morgan fingerprint density at radius 3 is 2.21 bits per heavy atom. The summed E-state index contributed by atoms with van der Waals surface area (Å²) in [5, 5.41) is 28.5. The van der Waals surface area contributed by atoms with Crippen molar-refractivity contribution in [2.75, 3.05) is 19.8 Å². The van der Waals surface area contributed by atoms with E-state index in [0.717, 1.165) is 19.3 Å². The van der Waals surface area contributed by atoms with Gasteiger partial charge in [0.05, 0.1) is 13.2 Å². The molecule has 5 nitrogen and oxygen atoms in total. The molecule has 1 saturated heterocycles. The fraction of sp³-hybridized carbons (Fsp3) is 0.895. The van der Waals surface area contributed by atoms with Crippen LogP contribution in [0.2, 0.25) is 0 Å². The summed E-state index contributed by atoms with van der Waals surface area (Å²) in [6.45, 7) is 4.06. The molecule has 0 spiro atoms. The molecular formula is C19H36O5. The first-order chi connectivity index (χ1) is 11.7. The molecule has 3 N–H and O–H groups in total. The van der Waals surface area contributed by atoms with Gasteiger partial charge in [-0.1, -0.05) is 51.0 Å². The highest BCUT2D eigenvalue weighted by atomic mass is 16.6. The molecule has 1 heterocycles. The molecule has 0 aromatic carbocycles. The van der Waals surface area contributed by atoms with Gasteiger partial charge in [0.25, 0.3) is 0 Å². The molecular weight excluding hydrogens is 308 g/mol. The number of rotatable bonds is 15. The third-order valence-corrected chi connectivity index (χ3v) is 4.59. The van der Waals surface area contributed by atoms with E-state index >= 15 is 0 Å². The Morgan fingerprint density at radius 2 is 1.62 bits per heavy atom. The number of hydrogen-bond acceptors (Lipinski definition) is 5. The van der Waals surface area contributed by atoms with Crippen molar-refractivity contribution in [1.82, 2.24) is 0 Å². The Morgan fingerprint density at radius 1 is 1.04 bits per heavy atom. The molecule has 0 aromatic rings. The van der Waals surface area contributed by atoms with Crippen molar-refractivity contribution < 1.29 is 24.8 Å². The standard InChI is InChI=1S/C19H36O5/c1-2-3-4-5-6-7-8-9-10-11-12-13-23-19-17(22)15-24-18(19)16(21)14-20/h2,16-22H,1,3-15H2/t16-,17+,18+,19+/m0/s1. The average Bonchev–Trinajstić information content (AvgIpc) is 2.96. The first-order valence-corrected chi connectivity index (χ1v) is 9.51. The zero-order valence-electron chi connectivity index (χ0n) is 14.9. The second kappa shape index (κ2) is 13.8. The van der Waals surface area contributed by atoms with Gasteiger partial charge >= 0.3 is 0 Å². The maximum Gasteiger partial charge on any atom is 0.114 e. The normalized spacial score (nSPS) is 25.0. The Hall–Kier alpha value is -0.460. The van der Waals surface area contributed by atoms with Crippen LogP contribution in [0.4, 0.5) is 0 Å². The zero-order valence-corrected chi connectivity index (χ0v) is 14.9. The molecule has 0 amide bonds. The molecule has 5 heteroatoms. The lowest BCUT2D eigenvalue weighted by Gasteiger charge is -2.23. The van der Waals surface area contributed by atoms with E-state index in [-0.39, 0.29) is 13.2 Å². The van der Waals surface area contributed by atoms with Crippen LogP contribution in [0.1, 0.15) is 64.2 Å². The van der Waals surface area contributed by atoms with Crippen LogP contribution >= 0.6 is 0 Å². The molecule has 0 saturated carbocycles. The Balaban J connectivity index is 1.95. The van der Waals surface area contributed by atoms with Gasteiger partial charge in [0.2, 0.25) is 0 Å². The minimum Gasteiger partial charge on any atom is -0.394 e. The fourth-order valence-corrected chi connectivity index (χ4v) is 3.11. The van der Waals surface area contributed by atoms with Crippen molar-refractivity contribution in [1.29, 1.82) is 0 Å². The maximum atomic E-state index is 9.83. The molecule has 0 aromatic heterocycles. The third-order valence-electron chi connectivity index (χ3n) is 4.59. The van der Waals surface area contributed by atoms with Gasteiger partial charge in [-0.2, -0.15) is 0 Å². The summed E-state index contributed by atoms with van der Waals surface area (Å²) in [5.74, 6) is 0. The number of aliphatic hydroxyl groups excluding tert-OH is 3. The number of unbranched alkanes of at least 4 members (excludes halogenated alkanes) is 9. The van der Waals surface area contributed by atoms with E-state index in [1.165, 1.54) is 44.9 Å². The highest BCUT2D eigenvalue weighted by Crippen LogP contribution is 2.21. The average molecular weight is 344 g/mol. The highest BCUT2D eigenvalue weighted by molar-refractivity contribution is 4.89. The summed E-state index contributed by atoms with van der Waals surface area (Å²) >= 11 is 0. The second-order valence-corrected chi connectivity index (χ2v) is 6.71. The van der Waals surface area contributed by atoms with Crippen molar-refractivity contribution in [3.05, 3.63) is 12.7 Å². The van der Waals surface area contributed by atoms with E-state index in [1.807, 2.05) is 6.08 Å². The van der Waals surface area contributed by atoms with Gasteiger partial charge in [0, 0.05) is 6.61 Å². The fourth-order valence-electron chi connectivity index (χ4n) is 3.11. The van der Waals surface area contributed by atoms with Gasteiger partial charge in [-0.05, 0) is 19.3 Å². The lowest BCUT2D eigenvalue weighted by molar-refractivity contribution is -0.0938. The summed E-state index contributed by atoms with van der Waals surface area (Å²) in [6.07, 6.45) is 11.3. The van der Waals surface area contributed by atoms with Gasteiger partial charge in [0.1, 0.15) is 24.4 Å². The number of hydrogen-bond donors (Lipinski definition) is 3. The second-order valence-electron chi connectivity index (χ2n) is 6.71. The molecule has 1 aliphatic heterocycles. The quantitative estimate of drug-likeness (QED) is 0.314. The topological polar surface area (TPSA) is 79.2 Å². The minimum atomic E-state index is -1.00. The first kappa shape index (κ1) is 21.6. The molecule has 142 valence electrons. The van der Waals surface area contributed by atoms with Crippen LogP contribution in [0.25, 0.3) is 0 Å². The Labute approximate surface area is 146 Å². The molecule has 4 atom stereocenters. The first-order valence-electron chi connectivity index (χ1n) is 9.51. The van der Waals surface area contributed by atoms with Gasteiger partial charge < -0.3 is 24.8 Å². The van der Waals surface area contributed by atoms with Crippen LogP contribution in [0, 0.1) is 0 Å². The van der Waals surface area contributed by atoms with Crippen molar-refractivity contribution in [3.63, 3.8) is 0 Å². The molecule has 0 bridgehead atoms. The van der Waals surface area contributed by atoms with Gasteiger partial charge in [-0.3, -0.25) is 0 Å². The smallest absolute Gasteiger partial charge is 0.114 e. The van der Waals surface area contributed by atoms with Crippen LogP contribution in [0.5, 0.6) is 0 Å². The van der Waals surface area contributed by atoms with Crippen molar-refractivity contribution in [2.45, 2.75) is 88.6 Å². The lowest BCUT2D eigenvalue weighted by Crippen LogP contribution is -2.42. The summed E-state index contributed by atoms with van der Waals surface area (Å²) in [7, 11) is 0. The summed E-state index contributed by atoms with van der Waals surface area (Å²) in [4.78, 5) is 0. The molecule has 24 heavy (non-hydrogen) atoms. The Kier molecular flexibility index (Phi) is 12.4.